The minimum atomic E-state index is -4.54. The Bertz CT molecular complexity index is 1810. The number of nitrogens with zero attached hydrogens (tertiary/aromatic N) is 6. The van der Waals surface area contributed by atoms with Crippen molar-refractivity contribution in [2.75, 3.05) is 44.8 Å². The fourth-order valence-corrected chi connectivity index (χ4v) is 4.72. The monoisotopic (exact) mass is 693 g/mol. The Kier molecular flexibility index (Phi) is 12.6. The molecule has 262 valence electrons. The molecule has 0 aliphatic heterocycles. The van der Waals surface area contributed by atoms with Gasteiger partial charge in [0.25, 0.3) is 15.9 Å². The number of hydrogen-bond donors (Lipinski definition) is 5. The summed E-state index contributed by atoms with van der Waals surface area (Å²) in [7, 11) is 0.991. The predicted octanol–water partition coefficient (Wildman–Crippen LogP) is 0.513. The molecule has 20 nitrogen and oxygen atoms in total. The van der Waals surface area contributed by atoms with Gasteiger partial charge in [0, 0.05) is 31.2 Å². The highest BCUT2D eigenvalue weighted by atomic mass is 32.2. The molecule has 0 aliphatic rings. The number of sulfonamides is 1. The van der Waals surface area contributed by atoms with E-state index in [0.717, 1.165) is 20.3 Å². The lowest BCUT2D eigenvalue weighted by Crippen LogP contribution is -2.47. The van der Waals surface area contributed by atoms with Crippen molar-refractivity contribution in [1.29, 1.82) is 0 Å². The summed E-state index contributed by atoms with van der Waals surface area (Å²) >= 11 is 0. The number of carbonyl (C=O) groups excluding carboxylic acids is 4. The van der Waals surface area contributed by atoms with Crippen molar-refractivity contribution in [2.24, 2.45) is 0 Å². The van der Waals surface area contributed by atoms with Crippen molar-refractivity contribution >= 4 is 46.0 Å². The van der Waals surface area contributed by atoms with E-state index in [4.69, 9.17) is 15.3 Å². The van der Waals surface area contributed by atoms with Crippen LogP contribution >= 0.6 is 0 Å². The molecule has 2 heterocycles. The van der Waals surface area contributed by atoms with Crippen LogP contribution in [0.1, 0.15) is 56.7 Å². The molecule has 0 saturated heterocycles. The molecule has 6 N–H and O–H groups in total. The molecule has 3 aromatic rings. The molecule has 2 aromatic heterocycles. The summed E-state index contributed by atoms with van der Waals surface area (Å²) in [6, 6.07) is 3.19. The second-order valence-electron chi connectivity index (χ2n) is 11.3. The largest absolute Gasteiger partial charge is 0.481 e. The zero-order valence-corrected chi connectivity index (χ0v) is 28.6. The Hall–Kier alpha value is -5.73. The number of anilines is 2. The Morgan fingerprint density at radius 3 is 2.08 bits per heavy atom. The highest BCUT2D eigenvalue weighted by Crippen LogP contribution is 2.22. The first-order chi connectivity index (χ1) is 22.2. The van der Waals surface area contributed by atoms with Gasteiger partial charge in [-0.25, -0.2) is 27.5 Å². The summed E-state index contributed by atoms with van der Waals surface area (Å²) < 4.78 is 39.0. The maximum Gasteiger partial charge on any atom is 0.373 e. The topological polar surface area (TPSA) is 264 Å². The summed E-state index contributed by atoms with van der Waals surface area (Å²) in [6.07, 6.45) is 0.340. The van der Waals surface area contributed by atoms with Gasteiger partial charge in [-0.3, -0.25) is 14.9 Å². The summed E-state index contributed by atoms with van der Waals surface area (Å²) in [5.41, 5.74) is -1.18. The van der Waals surface area contributed by atoms with Gasteiger partial charge in [0.15, 0.2) is 5.82 Å². The fourth-order valence-electron chi connectivity index (χ4n) is 3.59. The third kappa shape index (κ3) is 10.1. The number of methoxy groups -OCH3 is 2. The summed E-state index contributed by atoms with van der Waals surface area (Å²) in [4.78, 5) is 67.2. The van der Waals surface area contributed by atoms with Gasteiger partial charge in [0.1, 0.15) is 4.90 Å². The van der Waals surface area contributed by atoms with E-state index in [2.05, 4.69) is 31.0 Å². The van der Waals surface area contributed by atoms with Crippen molar-refractivity contribution in [1.82, 2.24) is 39.4 Å². The molecule has 0 unspecified atom stereocenters. The van der Waals surface area contributed by atoms with E-state index in [9.17, 15) is 32.4 Å². The number of ether oxygens (including phenoxy) is 2. The molecule has 0 radical (unpaired) electrons. The van der Waals surface area contributed by atoms with Gasteiger partial charge in [-0.2, -0.15) is 14.6 Å². The second-order valence-corrected chi connectivity index (χ2v) is 12.9. The number of nitrogen functional groups attached to an aromatic ring is 1. The molecular weight excluding hydrogens is 654 g/mol. The van der Waals surface area contributed by atoms with Crippen LogP contribution in [0, 0.1) is 0 Å². The van der Waals surface area contributed by atoms with Gasteiger partial charge in [0.05, 0.1) is 25.8 Å². The van der Waals surface area contributed by atoms with E-state index in [1.54, 1.807) is 4.72 Å². The van der Waals surface area contributed by atoms with Crippen molar-refractivity contribution in [3.05, 3.63) is 46.1 Å². The van der Waals surface area contributed by atoms with E-state index in [-0.39, 0.29) is 34.9 Å². The van der Waals surface area contributed by atoms with Crippen LogP contribution in [-0.4, -0.2) is 96.0 Å². The van der Waals surface area contributed by atoms with Crippen molar-refractivity contribution in [3.8, 4) is 11.8 Å². The minimum Gasteiger partial charge on any atom is -0.481 e. The van der Waals surface area contributed by atoms with E-state index >= 15 is 0 Å². The molecule has 0 saturated carbocycles. The quantitative estimate of drug-likeness (QED) is 0.151. The molecule has 0 spiro atoms. The van der Waals surface area contributed by atoms with Crippen molar-refractivity contribution < 1.29 is 37.1 Å². The zero-order valence-electron chi connectivity index (χ0n) is 27.8. The fraction of sp³-hybridized carbons (Fsp3) is 0.407. The normalized spacial score (nSPS) is 11.0. The third-order valence-corrected chi connectivity index (χ3v) is 7.08. The minimum absolute atomic E-state index is 0.0311. The first-order valence-corrected chi connectivity index (χ1v) is 15.4. The lowest BCUT2D eigenvalue weighted by atomic mass is 10.1. The number of rotatable bonds is 9. The van der Waals surface area contributed by atoms with Gasteiger partial charge in [0.2, 0.25) is 24.1 Å². The zero-order chi connectivity index (χ0) is 36.6. The predicted molar refractivity (Wildman–Crippen MR) is 173 cm³/mol. The van der Waals surface area contributed by atoms with Crippen LogP contribution in [0.15, 0.2) is 34.0 Å². The number of nitrogens with two attached hydrogens (primary N) is 1. The van der Waals surface area contributed by atoms with Crippen LogP contribution in [0.3, 0.4) is 0 Å². The standard InChI is InChI=1S/C17H20N6O7S.C10H19N5O2/c1-23(2)15(25)11-6-5-10(18-9-24)7-12(11)31(27,28)22-17(26)21-16-19-13(29-3)8-14(20-16)30-4;1-6(2)7-13-15(9(17)14(7)11)8(16)12-10(3,4)5/h5-9H,1-4H3,(H,18,24)(H2,19,20,21,22,26);6H,11H2,1-5H3,(H,12,16). The van der Waals surface area contributed by atoms with Gasteiger partial charge < -0.3 is 30.8 Å². The third-order valence-electron chi connectivity index (χ3n) is 5.71. The molecule has 1 aromatic carbocycles. The highest BCUT2D eigenvalue weighted by Gasteiger charge is 2.27. The van der Waals surface area contributed by atoms with Crippen LogP contribution in [0.2, 0.25) is 0 Å². The average molecular weight is 694 g/mol. The van der Waals surface area contributed by atoms with Crippen molar-refractivity contribution in [3.63, 3.8) is 0 Å². The smallest absolute Gasteiger partial charge is 0.373 e. The molecule has 5 amide bonds. The molecule has 0 fully saturated rings. The molecule has 0 atom stereocenters. The number of nitrogens with one attached hydrogen (secondary N) is 4. The average Bonchev–Trinajstić information content (AvgIpc) is 3.29. The number of carbonyl (C=O) groups is 4. The summed E-state index contributed by atoms with van der Waals surface area (Å²) in [5, 5.41) is 11.0. The lowest BCUT2D eigenvalue weighted by Gasteiger charge is -2.19. The molecule has 0 aliphatic carbocycles. The van der Waals surface area contributed by atoms with Gasteiger partial charge in [-0.15, -0.1) is 9.78 Å². The summed E-state index contributed by atoms with van der Waals surface area (Å²) in [6.45, 7) is 9.14. The van der Waals surface area contributed by atoms with E-state index in [1.807, 2.05) is 34.6 Å². The Balaban J connectivity index is 0.000000397. The Morgan fingerprint density at radius 1 is 1.04 bits per heavy atom. The highest BCUT2D eigenvalue weighted by molar-refractivity contribution is 7.90. The van der Waals surface area contributed by atoms with Crippen LogP contribution in [0.5, 0.6) is 11.8 Å². The van der Waals surface area contributed by atoms with Crippen LogP contribution in [-0.2, 0) is 14.8 Å². The maximum atomic E-state index is 12.8. The van der Waals surface area contributed by atoms with E-state index < -0.39 is 44.1 Å². The molecular formula is C27H39N11O9S. The number of urea groups is 1. The first-order valence-electron chi connectivity index (χ1n) is 13.9. The van der Waals surface area contributed by atoms with Gasteiger partial charge >= 0.3 is 17.8 Å². The van der Waals surface area contributed by atoms with Crippen molar-refractivity contribution in [2.45, 2.75) is 51.0 Å². The Morgan fingerprint density at radius 2 is 1.62 bits per heavy atom. The Labute approximate surface area is 276 Å². The molecule has 48 heavy (non-hydrogen) atoms. The van der Waals surface area contributed by atoms with E-state index in [0.29, 0.717) is 12.2 Å². The number of hydrogen-bond acceptors (Lipinski definition) is 13. The second kappa shape index (κ2) is 15.7. The lowest BCUT2D eigenvalue weighted by molar-refractivity contribution is -0.105. The maximum absolute atomic E-state index is 12.8. The molecule has 0 bridgehead atoms. The van der Waals surface area contributed by atoms with Crippen LogP contribution in [0.25, 0.3) is 0 Å². The van der Waals surface area contributed by atoms with Crippen LogP contribution < -0.4 is 41.7 Å². The van der Waals surface area contributed by atoms with Gasteiger partial charge in [-0.05, 0) is 39.0 Å². The SMILES string of the molecule is CC(C)c1nn(C(=O)NC(C)(C)C)c(=O)n1N.COc1cc(OC)nc(NC(=O)NS(=O)(=O)c2cc(NC=O)ccc2C(=O)N(C)C)n1. The number of aromatic nitrogens is 5. The first kappa shape index (κ1) is 38.5. The molecule has 21 heteroatoms. The molecule has 3 rings (SSSR count). The van der Waals surface area contributed by atoms with Crippen LogP contribution in [0.4, 0.5) is 21.2 Å². The van der Waals surface area contributed by atoms with Gasteiger partial charge in [-0.1, -0.05) is 13.8 Å². The van der Waals surface area contributed by atoms with E-state index in [1.165, 1.54) is 46.5 Å². The number of amides is 5. The number of benzene rings is 1. The summed E-state index contributed by atoms with van der Waals surface area (Å²) in [5.74, 6) is 5.11.